The second kappa shape index (κ2) is 10.9. The molecule has 0 saturated carbocycles. The summed E-state index contributed by atoms with van der Waals surface area (Å²) >= 11 is 12.1. The molecule has 2 saturated heterocycles. The molecule has 0 bridgehead atoms. The van der Waals surface area contributed by atoms with E-state index in [4.69, 9.17) is 27.9 Å². The highest BCUT2D eigenvalue weighted by atomic mass is 35.5. The zero-order valence-corrected chi connectivity index (χ0v) is 20.2. The molecule has 33 heavy (non-hydrogen) atoms. The fourth-order valence-corrected chi connectivity index (χ4v) is 5.09. The van der Waals surface area contributed by atoms with E-state index in [2.05, 4.69) is 29.3 Å². The van der Waals surface area contributed by atoms with Gasteiger partial charge in [-0.3, -0.25) is 14.5 Å². The van der Waals surface area contributed by atoms with Crippen LogP contribution in [0.4, 0.5) is 0 Å². The molecule has 6 nitrogen and oxygen atoms in total. The first-order chi connectivity index (χ1) is 15.9. The number of carbonyl (C=O) groups excluding carboxylic acids is 2. The zero-order chi connectivity index (χ0) is 23.4. The molecule has 2 unspecified atom stereocenters. The molecule has 2 aliphatic heterocycles. The summed E-state index contributed by atoms with van der Waals surface area (Å²) in [7, 11) is 0. The Hall–Kier alpha value is -2.12. The minimum Gasteiger partial charge on any atom is -0.376 e. The van der Waals surface area contributed by atoms with Crippen LogP contribution in [0.15, 0.2) is 42.5 Å². The van der Waals surface area contributed by atoms with Crippen LogP contribution in [-0.2, 0) is 22.6 Å². The molecule has 4 rings (SSSR count). The molecule has 0 aliphatic carbocycles. The third-order valence-electron chi connectivity index (χ3n) is 6.12. The summed E-state index contributed by atoms with van der Waals surface area (Å²) in [5.74, 6) is -0.361. The van der Waals surface area contributed by atoms with Crippen LogP contribution in [0, 0.1) is 0 Å². The zero-order valence-electron chi connectivity index (χ0n) is 18.7. The van der Waals surface area contributed by atoms with Crippen LogP contribution in [0.3, 0.4) is 0 Å². The summed E-state index contributed by atoms with van der Waals surface area (Å²) in [6.45, 7) is 6.52. The van der Waals surface area contributed by atoms with Gasteiger partial charge < -0.3 is 15.0 Å². The van der Waals surface area contributed by atoms with Gasteiger partial charge in [-0.05, 0) is 49.1 Å². The number of rotatable bonds is 6. The van der Waals surface area contributed by atoms with Crippen LogP contribution in [0.1, 0.15) is 41.3 Å². The molecule has 0 radical (unpaired) electrons. The Morgan fingerprint density at radius 1 is 1.09 bits per heavy atom. The average molecular weight is 490 g/mol. The van der Waals surface area contributed by atoms with E-state index in [1.165, 1.54) is 5.56 Å². The molecule has 2 amide bonds. The summed E-state index contributed by atoms with van der Waals surface area (Å²) in [6, 6.07) is 12.5. The Balaban J connectivity index is 1.35. The maximum absolute atomic E-state index is 13.0. The standard InChI is InChI=1S/C25H29Cl2N3O3/c1-17-15-29(8-9-33-17)16-19-5-2-4-18(10-19)14-28-24(31)23-6-3-7-30(23)25(32)20-11-21(26)13-22(27)12-20/h2,4-5,10-13,17,23H,3,6-9,14-16H2,1H3,(H,28,31). The molecule has 1 N–H and O–H groups in total. The number of hydrogen-bond donors (Lipinski definition) is 1. The molecular weight excluding hydrogens is 461 g/mol. The van der Waals surface area contributed by atoms with Gasteiger partial charge in [0.2, 0.25) is 5.91 Å². The van der Waals surface area contributed by atoms with Crippen molar-refractivity contribution in [3.05, 3.63) is 69.2 Å². The van der Waals surface area contributed by atoms with Crippen molar-refractivity contribution in [2.45, 2.75) is 45.0 Å². The van der Waals surface area contributed by atoms with Gasteiger partial charge in [0.1, 0.15) is 6.04 Å². The van der Waals surface area contributed by atoms with E-state index in [0.717, 1.165) is 38.2 Å². The second-order valence-corrected chi connectivity index (χ2v) is 9.64. The Bertz CT molecular complexity index is 996. The summed E-state index contributed by atoms with van der Waals surface area (Å²) in [5, 5.41) is 3.82. The largest absolute Gasteiger partial charge is 0.376 e. The van der Waals surface area contributed by atoms with Gasteiger partial charge in [-0.25, -0.2) is 0 Å². The van der Waals surface area contributed by atoms with Crippen LogP contribution in [0.5, 0.6) is 0 Å². The summed E-state index contributed by atoms with van der Waals surface area (Å²) < 4.78 is 5.62. The van der Waals surface area contributed by atoms with Gasteiger partial charge in [0.05, 0.1) is 12.7 Å². The van der Waals surface area contributed by atoms with Gasteiger partial charge in [0.25, 0.3) is 5.91 Å². The van der Waals surface area contributed by atoms with Crippen molar-refractivity contribution in [3.63, 3.8) is 0 Å². The number of halogens is 2. The fraction of sp³-hybridized carbons (Fsp3) is 0.440. The fourth-order valence-electron chi connectivity index (χ4n) is 4.56. The lowest BCUT2D eigenvalue weighted by molar-refractivity contribution is -0.125. The maximum Gasteiger partial charge on any atom is 0.254 e. The molecule has 2 aromatic carbocycles. The van der Waals surface area contributed by atoms with E-state index in [9.17, 15) is 9.59 Å². The molecule has 2 heterocycles. The summed E-state index contributed by atoms with van der Waals surface area (Å²) in [6.07, 6.45) is 1.67. The van der Waals surface area contributed by atoms with E-state index in [-0.39, 0.29) is 17.9 Å². The summed E-state index contributed by atoms with van der Waals surface area (Å²) in [4.78, 5) is 30.0. The Kier molecular flexibility index (Phi) is 7.91. The van der Waals surface area contributed by atoms with Crippen molar-refractivity contribution < 1.29 is 14.3 Å². The van der Waals surface area contributed by atoms with E-state index >= 15 is 0 Å². The first-order valence-corrected chi connectivity index (χ1v) is 12.1. The highest BCUT2D eigenvalue weighted by Crippen LogP contribution is 2.24. The van der Waals surface area contributed by atoms with Gasteiger partial charge in [-0.15, -0.1) is 0 Å². The molecule has 0 aromatic heterocycles. The van der Waals surface area contributed by atoms with E-state index in [0.29, 0.717) is 35.1 Å². The normalized spacial score (nSPS) is 21.2. The first-order valence-electron chi connectivity index (χ1n) is 11.4. The molecule has 2 atom stereocenters. The number of carbonyl (C=O) groups is 2. The highest BCUT2D eigenvalue weighted by Gasteiger charge is 2.34. The number of amides is 2. The predicted octanol–water partition coefficient (Wildman–Crippen LogP) is 4.14. The summed E-state index contributed by atoms with van der Waals surface area (Å²) in [5.41, 5.74) is 2.66. The predicted molar refractivity (Wildman–Crippen MR) is 130 cm³/mol. The topological polar surface area (TPSA) is 61.9 Å². The molecule has 8 heteroatoms. The Labute approximate surface area is 204 Å². The first kappa shape index (κ1) is 24.0. The lowest BCUT2D eigenvalue weighted by Crippen LogP contribution is -2.45. The minimum absolute atomic E-state index is 0.138. The minimum atomic E-state index is -0.492. The number of nitrogens with zero attached hydrogens (tertiary/aromatic N) is 2. The molecule has 176 valence electrons. The van der Waals surface area contributed by atoms with Crippen LogP contribution in [0.25, 0.3) is 0 Å². The van der Waals surface area contributed by atoms with Gasteiger partial charge in [0.15, 0.2) is 0 Å². The lowest BCUT2D eigenvalue weighted by Gasteiger charge is -2.31. The number of likely N-dealkylation sites (tertiary alicyclic amines) is 1. The second-order valence-electron chi connectivity index (χ2n) is 8.77. The number of nitrogens with one attached hydrogen (secondary N) is 1. The van der Waals surface area contributed by atoms with Crippen molar-refractivity contribution in [2.75, 3.05) is 26.2 Å². The van der Waals surface area contributed by atoms with Crippen LogP contribution < -0.4 is 5.32 Å². The maximum atomic E-state index is 13.0. The number of morpholine rings is 1. The van der Waals surface area contributed by atoms with E-state index < -0.39 is 6.04 Å². The van der Waals surface area contributed by atoms with Crippen LogP contribution >= 0.6 is 23.2 Å². The number of ether oxygens (including phenoxy) is 1. The van der Waals surface area contributed by atoms with E-state index in [1.54, 1.807) is 23.1 Å². The van der Waals surface area contributed by atoms with Crippen LogP contribution in [-0.4, -0.2) is 60.0 Å². The SMILES string of the molecule is CC1CN(Cc2cccc(CNC(=O)C3CCCN3C(=O)c3cc(Cl)cc(Cl)c3)c2)CCO1. The lowest BCUT2D eigenvalue weighted by atomic mass is 10.1. The molecule has 0 spiro atoms. The van der Waals surface area contributed by atoms with Gasteiger partial charge in [-0.2, -0.15) is 0 Å². The Morgan fingerprint density at radius 3 is 2.61 bits per heavy atom. The number of hydrogen-bond acceptors (Lipinski definition) is 4. The van der Waals surface area contributed by atoms with Gasteiger partial charge >= 0.3 is 0 Å². The average Bonchev–Trinajstić information content (AvgIpc) is 3.27. The van der Waals surface area contributed by atoms with Crippen molar-refractivity contribution in [1.82, 2.24) is 15.1 Å². The highest BCUT2D eigenvalue weighted by molar-refractivity contribution is 6.35. The molecular formula is C25H29Cl2N3O3. The van der Waals surface area contributed by atoms with Crippen LogP contribution in [0.2, 0.25) is 10.0 Å². The quantitative estimate of drug-likeness (QED) is 0.662. The van der Waals surface area contributed by atoms with Crippen molar-refractivity contribution >= 4 is 35.0 Å². The van der Waals surface area contributed by atoms with Gasteiger partial charge in [0, 0.05) is 48.3 Å². The number of benzene rings is 2. The van der Waals surface area contributed by atoms with Gasteiger partial charge in [-0.1, -0.05) is 47.5 Å². The molecule has 2 aliphatic rings. The van der Waals surface area contributed by atoms with Crippen molar-refractivity contribution in [1.29, 1.82) is 0 Å². The smallest absolute Gasteiger partial charge is 0.254 e. The molecule has 2 fully saturated rings. The monoisotopic (exact) mass is 489 g/mol. The third kappa shape index (κ3) is 6.27. The van der Waals surface area contributed by atoms with E-state index in [1.807, 2.05) is 12.1 Å². The van der Waals surface area contributed by atoms with Crippen molar-refractivity contribution in [2.24, 2.45) is 0 Å². The molecule has 2 aromatic rings. The Morgan fingerprint density at radius 2 is 1.85 bits per heavy atom. The third-order valence-corrected chi connectivity index (χ3v) is 6.55. The van der Waals surface area contributed by atoms with Crippen molar-refractivity contribution in [3.8, 4) is 0 Å².